The number of benzene rings is 1. The third kappa shape index (κ3) is 2.81. The molecule has 0 spiro atoms. The Kier molecular flexibility index (Phi) is 4.52. The Bertz CT molecular complexity index is 833. The standard InChI is InChI=1S/C24H32N2O2/c1-24-10-9-19-18-8-6-17(28-2)12-15(18)5-7-20(19)21(24)13-22(23(24)27)26-14-16-4-3-11-25-16/h3-4,6,8,11-12,19-23,25-27H,5,7,9-10,13-14H2,1-2H3/t19-,20-,21+,22+,23+,24+/m1/s1. The Labute approximate surface area is 167 Å². The molecule has 2 aromatic rings. The second-order valence-corrected chi connectivity index (χ2v) is 9.39. The zero-order valence-corrected chi connectivity index (χ0v) is 16.9. The number of nitrogens with one attached hydrogen (secondary N) is 2. The molecule has 0 unspecified atom stereocenters. The molecule has 0 bridgehead atoms. The number of fused-ring (bicyclic) bond motifs is 5. The lowest BCUT2D eigenvalue weighted by molar-refractivity contribution is -0.0281. The van der Waals surface area contributed by atoms with Crippen molar-refractivity contribution in [2.45, 2.75) is 63.6 Å². The molecule has 150 valence electrons. The van der Waals surface area contributed by atoms with Gasteiger partial charge in [0.15, 0.2) is 0 Å². The first-order chi connectivity index (χ1) is 13.6. The molecule has 1 aromatic heterocycles. The molecule has 0 aliphatic heterocycles. The fourth-order valence-electron chi connectivity index (χ4n) is 6.62. The van der Waals surface area contributed by atoms with Crippen LogP contribution in [0, 0.1) is 17.3 Å². The number of hydrogen-bond acceptors (Lipinski definition) is 3. The van der Waals surface area contributed by atoms with E-state index in [-0.39, 0.29) is 17.6 Å². The van der Waals surface area contributed by atoms with Crippen LogP contribution in [0.1, 0.15) is 55.3 Å². The topological polar surface area (TPSA) is 57.3 Å². The lowest BCUT2D eigenvalue weighted by Gasteiger charge is -2.50. The second kappa shape index (κ2) is 6.93. The molecular formula is C24H32N2O2. The van der Waals surface area contributed by atoms with E-state index in [1.54, 1.807) is 7.11 Å². The van der Waals surface area contributed by atoms with Crippen LogP contribution < -0.4 is 10.1 Å². The quantitative estimate of drug-likeness (QED) is 0.751. The summed E-state index contributed by atoms with van der Waals surface area (Å²) in [5, 5.41) is 14.9. The van der Waals surface area contributed by atoms with E-state index in [0.717, 1.165) is 31.6 Å². The summed E-state index contributed by atoms with van der Waals surface area (Å²) in [6.07, 6.45) is 7.47. The molecule has 5 rings (SSSR count). The minimum absolute atomic E-state index is 0.0402. The number of aryl methyl sites for hydroxylation is 1. The van der Waals surface area contributed by atoms with Crippen LogP contribution in [0.2, 0.25) is 0 Å². The molecule has 3 aliphatic rings. The predicted molar refractivity (Wildman–Crippen MR) is 110 cm³/mol. The van der Waals surface area contributed by atoms with Crippen molar-refractivity contribution in [3.8, 4) is 5.75 Å². The number of hydrogen-bond donors (Lipinski definition) is 3. The molecule has 1 aromatic carbocycles. The van der Waals surface area contributed by atoms with Crippen LogP contribution in [0.25, 0.3) is 0 Å². The molecule has 0 saturated heterocycles. The number of H-pyrrole nitrogens is 1. The minimum atomic E-state index is -0.259. The first-order valence-electron chi connectivity index (χ1n) is 10.8. The van der Waals surface area contributed by atoms with Gasteiger partial charge in [0.1, 0.15) is 5.75 Å². The minimum Gasteiger partial charge on any atom is -0.497 e. The number of aromatic nitrogens is 1. The smallest absolute Gasteiger partial charge is 0.119 e. The van der Waals surface area contributed by atoms with Crippen LogP contribution in [0.3, 0.4) is 0 Å². The summed E-state index contributed by atoms with van der Waals surface area (Å²) in [6, 6.07) is 11.0. The molecule has 2 fully saturated rings. The Morgan fingerprint density at radius 3 is 2.96 bits per heavy atom. The molecule has 3 N–H and O–H groups in total. The lowest BCUT2D eigenvalue weighted by atomic mass is 9.55. The summed E-state index contributed by atoms with van der Waals surface area (Å²) in [4.78, 5) is 3.26. The number of methoxy groups -OCH3 is 1. The summed E-state index contributed by atoms with van der Waals surface area (Å²) in [5.74, 6) is 2.90. The molecule has 28 heavy (non-hydrogen) atoms. The SMILES string of the molecule is COc1ccc2c(c1)CC[C@@H]1[C@@H]2CC[C@]2(C)[C@@H](O)[C@@H](NCc3ccc[nH]3)C[C@@H]12. The molecule has 2 saturated carbocycles. The Morgan fingerprint density at radius 2 is 2.18 bits per heavy atom. The summed E-state index contributed by atoms with van der Waals surface area (Å²) < 4.78 is 5.44. The van der Waals surface area contributed by atoms with Crippen molar-refractivity contribution in [3.05, 3.63) is 53.3 Å². The lowest BCUT2D eigenvalue weighted by Crippen LogP contribution is -2.46. The van der Waals surface area contributed by atoms with Crippen LogP contribution in [0.15, 0.2) is 36.5 Å². The van der Waals surface area contributed by atoms with Gasteiger partial charge in [0.2, 0.25) is 0 Å². The van der Waals surface area contributed by atoms with Gasteiger partial charge in [0.25, 0.3) is 0 Å². The number of aromatic amines is 1. The van der Waals surface area contributed by atoms with Crippen LogP contribution >= 0.6 is 0 Å². The molecule has 1 heterocycles. The first kappa shape index (κ1) is 18.3. The van der Waals surface area contributed by atoms with E-state index in [0.29, 0.717) is 17.8 Å². The summed E-state index contributed by atoms with van der Waals surface area (Å²) in [5.41, 5.74) is 4.24. The highest BCUT2D eigenvalue weighted by molar-refractivity contribution is 5.40. The van der Waals surface area contributed by atoms with Gasteiger partial charge < -0.3 is 20.1 Å². The average Bonchev–Trinajstić information content (AvgIpc) is 3.32. The van der Waals surface area contributed by atoms with Crippen molar-refractivity contribution in [1.29, 1.82) is 0 Å². The normalized spacial score (nSPS) is 36.5. The Balaban J connectivity index is 1.37. The fraction of sp³-hybridized carbons (Fsp3) is 0.583. The largest absolute Gasteiger partial charge is 0.497 e. The van der Waals surface area contributed by atoms with Crippen molar-refractivity contribution in [2.24, 2.45) is 17.3 Å². The monoisotopic (exact) mass is 380 g/mol. The molecular weight excluding hydrogens is 348 g/mol. The Morgan fingerprint density at radius 1 is 1.29 bits per heavy atom. The number of aliphatic hydroxyl groups is 1. The van der Waals surface area contributed by atoms with Gasteiger partial charge in [0.05, 0.1) is 13.2 Å². The molecule has 4 nitrogen and oxygen atoms in total. The van der Waals surface area contributed by atoms with Gasteiger partial charge in [0, 0.05) is 24.5 Å². The number of rotatable bonds is 4. The summed E-state index contributed by atoms with van der Waals surface area (Å²) in [7, 11) is 1.75. The molecule has 4 heteroatoms. The van der Waals surface area contributed by atoms with Crippen molar-refractivity contribution >= 4 is 0 Å². The Hall–Kier alpha value is -1.78. The third-order valence-electron chi connectivity index (χ3n) is 8.15. The van der Waals surface area contributed by atoms with E-state index in [9.17, 15) is 5.11 Å². The van der Waals surface area contributed by atoms with Gasteiger partial charge >= 0.3 is 0 Å². The highest BCUT2D eigenvalue weighted by atomic mass is 16.5. The summed E-state index contributed by atoms with van der Waals surface area (Å²) >= 11 is 0. The van der Waals surface area contributed by atoms with Gasteiger partial charge in [-0.1, -0.05) is 13.0 Å². The summed E-state index contributed by atoms with van der Waals surface area (Å²) in [6.45, 7) is 3.15. The van der Waals surface area contributed by atoms with Crippen LogP contribution in [0.5, 0.6) is 5.75 Å². The van der Waals surface area contributed by atoms with Crippen LogP contribution in [0.4, 0.5) is 0 Å². The van der Waals surface area contributed by atoms with Gasteiger partial charge in [-0.05, 0) is 90.7 Å². The maximum absolute atomic E-state index is 11.2. The second-order valence-electron chi connectivity index (χ2n) is 9.39. The third-order valence-corrected chi connectivity index (χ3v) is 8.15. The van der Waals surface area contributed by atoms with E-state index in [4.69, 9.17) is 4.74 Å². The van der Waals surface area contributed by atoms with Gasteiger partial charge in [-0.2, -0.15) is 0 Å². The molecule has 0 radical (unpaired) electrons. The predicted octanol–water partition coefficient (Wildman–Crippen LogP) is 4.01. The van der Waals surface area contributed by atoms with E-state index >= 15 is 0 Å². The van der Waals surface area contributed by atoms with Gasteiger partial charge in [-0.15, -0.1) is 0 Å². The van der Waals surface area contributed by atoms with Crippen molar-refractivity contribution in [2.75, 3.05) is 7.11 Å². The first-order valence-corrected chi connectivity index (χ1v) is 10.8. The highest BCUT2D eigenvalue weighted by Crippen LogP contribution is 2.61. The van der Waals surface area contributed by atoms with Gasteiger partial charge in [-0.25, -0.2) is 0 Å². The van der Waals surface area contributed by atoms with Crippen LogP contribution in [-0.2, 0) is 13.0 Å². The molecule has 6 atom stereocenters. The zero-order valence-electron chi connectivity index (χ0n) is 16.9. The van der Waals surface area contributed by atoms with Crippen molar-refractivity contribution in [3.63, 3.8) is 0 Å². The fourth-order valence-corrected chi connectivity index (χ4v) is 6.62. The maximum Gasteiger partial charge on any atom is 0.119 e. The van der Waals surface area contributed by atoms with Crippen LogP contribution in [-0.4, -0.2) is 29.3 Å². The number of aliphatic hydroxyl groups excluding tert-OH is 1. The highest BCUT2D eigenvalue weighted by Gasteiger charge is 2.57. The zero-order chi connectivity index (χ0) is 19.3. The molecule has 3 aliphatic carbocycles. The van der Waals surface area contributed by atoms with E-state index < -0.39 is 0 Å². The van der Waals surface area contributed by atoms with E-state index in [1.807, 2.05) is 12.3 Å². The molecule has 0 amide bonds. The average molecular weight is 381 g/mol. The van der Waals surface area contributed by atoms with Crippen molar-refractivity contribution in [1.82, 2.24) is 10.3 Å². The van der Waals surface area contributed by atoms with Crippen molar-refractivity contribution < 1.29 is 9.84 Å². The van der Waals surface area contributed by atoms with E-state index in [2.05, 4.69) is 41.5 Å². The number of ether oxygens (including phenoxy) is 1. The maximum atomic E-state index is 11.2. The van der Waals surface area contributed by atoms with E-state index in [1.165, 1.54) is 29.7 Å². The van der Waals surface area contributed by atoms with Gasteiger partial charge in [-0.3, -0.25) is 0 Å².